The minimum Gasteiger partial charge on any atom is -0.493 e. The molecule has 2 heterocycles. The lowest BCUT2D eigenvalue weighted by atomic mass is 10.1. The molecule has 1 aliphatic heterocycles. The van der Waals surface area contributed by atoms with Gasteiger partial charge < -0.3 is 24.4 Å². The number of anilines is 2. The van der Waals surface area contributed by atoms with Crippen LogP contribution in [0.3, 0.4) is 0 Å². The van der Waals surface area contributed by atoms with Crippen molar-refractivity contribution in [2.45, 2.75) is 13.5 Å². The highest BCUT2D eigenvalue weighted by Crippen LogP contribution is 2.30. The number of hydrogen-bond acceptors (Lipinski definition) is 7. The Morgan fingerprint density at radius 2 is 2.03 bits per heavy atom. The Hall–Kier alpha value is -3.10. The van der Waals surface area contributed by atoms with Crippen LogP contribution < -0.4 is 19.7 Å². The van der Waals surface area contributed by atoms with Gasteiger partial charge in [0.15, 0.2) is 11.5 Å². The summed E-state index contributed by atoms with van der Waals surface area (Å²) in [6, 6.07) is 11.2. The van der Waals surface area contributed by atoms with E-state index in [9.17, 15) is 4.79 Å². The normalized spacial score (nSPS) is 13.7. The number of nitrogens with zero attached hydrogens (tertiary/aromatic N) is 2. The number of morpholine rings is 1. The van der Waals surface area contributed by atoms with Crippen molar-refractivity contribution in [1.29, 1.82) is 0 Å². The molecule has 1 N–H and O–H groups in total. The second kappa shape index (κ2) is 9.80. The number of carbonyl (C=O) groups excluding carboxylic acids is 1. The highest BCUT2D eigenvalue weighted by Gasteiger charge is 2.15. The second-order valence-electron chi connectivity index (χ2n) is 7.19. The van der Waals surface area contributed by atoms with Crippen molar-refractivity contribution in [3.63, 3.8) is 0 Å². The summed E-state index contributed by atoms with van der Waals surface area (Å²) < 4.78 is 16.6. The third-order valence-corrected chi connectivity index (χ3v) is 5.75. The van der Waals surface area contributed by atoms with Crippen LogP contribution in [0.15, 0.2) is 47.3 Å². The number of thiazole rings is 1. The zero-order valence-electron chi connectivity index (χ0n) is 17.6. The molecule has 31 heavy (non-hydrogen) atoms. The van der Waals surface area contributed by atoms with Crippen LogP contribution in [-0.2, 0) is 11.3 Å². The Kier molecular flexibility index (Phi) is 6.69. The molecule has 0 saturated carbocycles. The van der Waals surface area contributed by atoms with Crippen molar-refractivity contribution in [3.05, 3.63) is 64.1 Å². The minimum atomic E-state index is -0.202. The third-order valence-electron chi connectivity index (χ3n) is 5.12. The monoisotopic (exact) mass is 439 g/mol. The van der Waals surface area contributed by atoms with E-state index in [4.69, 9.17) is 14.2 Å². The van der Waals surface area contributed by atoms with Gasteiger partial charge in [-0.2, -0.15) is 0 Å². The highest BCUT2D eigenvalue weighted by molar-refractivity contribution is 7.07. The molecule has 7 nitrogen and oxygen atoms in total. The average molecular weight is 440 g/mol. The number of ether oxygens (including phenoxy) is 3. The fraction of sp³-hybridized carbons (Fsp3) is 0.304. The number of methoxy groups -OCH3 is 1. The van der Waals surface area contributed by atoms with Gasteiger partial charge in [-0.15, -0.1) is 11.3 Å². The smallest absolute Gasteiger partial charge is 0.255 e. The second-order valence-corrected chi connectivity index (χ2v) is 7.91. The molecule has 0 bridgehead atoms. The SMILES string of the molecule is COc1cc(C(=O)Nc2ccc(N3CCOCC3)cc2C)ccc1OCc1cscn1. The standard InChI is InChI=1S/C23H25N3O4S/c1-16-11-19(26-7-9-29-10-8-26)4-5-20(16)25-23(27)17-3-6-21(22(12-17)28-2)30-13-18-14-31-15-24-18/h3-6,11-12,14-15H,7-10,13H2,1-2H3,(H,25,27). The quantitative estimate of drug-likeness (QED) is 0.597. The molecule has 1 amide bonds. The molecule has 0 aliphatic carbocycles. The van der Waals surface area contributed by atoms with E-state index in [0.29, 0.717) is 23.7 Å². The number of aryl methyl sites for hydroxylation is 1. The number of hydrogen-bond donors (Lipinski definition) is 1. The summed E-state index contributed by atoms with van der Waals surface area (Å²) in [6.45, 7) is 5.57. The van der Waals surface area contributed by atoms with Crippen molar-refractivity contribution >= 4 is 28.6 Å². The molecule has 0 radical (unpaired) electrons. The number of nitrogens with one attached hydrogen (secondary N) is 1. The van der Waals surface area contributed by atoms with Crippen LogP contribution in [-0.4, -0.2) is 44.3 Å². The fourth-order valence-electron chi connectivity index (χ4n) is 3.39. The zero-order chi connectivity index (χ0) is 21.6. The lowest BCUT2D eigenvalue weighted by Crippen LogP contribution is -2.36. The molecule has 3 aromatic rings. The van der Waals surface area contributed by atoms with Gasteiger partial charge in [0.2, 0.25) is 0 Å². The molecule has 1 aliphatic rings. The van der Waals surface area contributed by atoms with E-state index in [1.165, 1.54) is 11.3 Å². The molecule has 1 fully saturated rings. The number of carbonyl (C=O) groups is 1. The largest absolute Gasteiger partial charge is 0.493 e. The lowest BCUT2D eigenvalue weighted by molar-refractivity contribution is 0.102. The van der Waals surface area contributed by atoms with Gasteiger partial charge in [-0.1, -0.05) is 0 Å². The van der Waals surface area contributed by atoms with Crippen LogP contribution in [0.25, 0.3) is 0 Å². The van der Waals surface area contributed by atoms with Gasteiger partial charge in [-0.3, -0.25) is 4.79 Å². The summed E-state index contributed by atoms with van der Waals surface area (Å²) in [5.41, 5.74) is 6.04. The molecular weight excluding hydrogens is 414 g/mol. The van der Waals surface area contributed by atoms with Gasteiger partial charge in [-0.05, 0) is 48.9 Å². The molecule has 8 heteroatoms. The molecule has 0 spiro atoms. The predicted molar refractivity (Wildman–Crippen MR) is 122 cm³/mol. The van der Waals surface area contributed by atoms with Crippen LogP contribution in [0, 0.1) is 6.92 Å². The maximum atomic E-state index is 12.8. The van der Waals surface area contributed by atoms with Gasteiger partial charge in [0.1, 0.15) is 6.61 Å². The maximum absolute atomic E-state index is 12.8. The molecule has 1 saturated heterocycles. The van der Waals surface area contributed by atoms with Gasteiger partial charge in [0.25, 0.3) is 5.91 Å². The van der Waals surface area contributed by atoms with E-state index in [-0.39, 0.29) is 5.91 Å². The zero-order valence-corrected chi connectivity index (χ0v) is 18.4. The number of amides is 1. The highest BCUT2D eigenvalue weighted by atomic mass is 32.1. The van der Waals surface area contributed by atoms with E-state index in [1.807, 2.05) is 24.4 Å². The van der Waals surface area contributed by atoms with E-state index >= 15 is 0 Å². The molecule has 4 rings (SSSR count). The molecule has 162 valence electrons. The topological polar surface area (TPSA) is 72.9 Å². The first-order chi connectivity index (χ1) is 15.1. The van der Waals surface area contributed by atoms with Crippen molar-refractivity contribution in [2.24, 2.45) is 0 Å². The first kappa shape index (κ1) is 21.1. The van der Waals surface area contributed by atoms with Gasteiger partial charge in [-0.25, -0.2) is 4.98 Å². The Labute approximate surface area is 185 Å². The van der Waals surface area contributed by atoms with Crippen LogP contribution in [0.5, 0.6) is 11.5 Å². The summed E-state index contributed by atoms with van der Waals surface area (Å²) in [7, 11) is 1.56. The maximum Gasteiger partial charge on any atom is 0.255 e. The Bertz CT molecular complexity index is 1030. The van der Waals surface area contributed by atoms with Gasteiger partial charge >= 0.3 is 0 Å². The van der Waals surface area contributed by atoms with E-state index < -0.39 is 0 Å². The Balaban J connectivity index is 1.44. The fourth-order valence-corrected chi connectivity index (χ4v) is 3.93. The third kappa shape index (κ3) is 5.15. The van der Waals surface area contributed by atoms with E-state index in [0.717, 1.165) is 48.9 Å². The molecule has 0 unspecified atom stereocenters. The first-order valence-corrected chi connectivity index (χ1v) is 11.0. The van der Waals surface area contributed by atoms with Gasteiger partial charge in [0.05, 0.1) is 31.5 Å². The lowest BCUT2D eigenvalue weighted by Gasteiger charge is -2.29. The van der Waals surface area contributed by atoms with Crippen molar-refractivity contribution in [1.82, 2.24) is 4.98 Å². The number of aromatic nitrogens is 1. The van der Waals surface area contributed by atoms with Crippen LogP contribution in [0.1, 0.15) is 21.6 Å². The number of rotatable bonds is 7. The first-order valence-electron chi connectivity index (χ1n) is 10.1. The molecule has 2 aromatic carbocycles. The van der Waals surface area contributed by atoms with Crippen molar-refractivity contribution in [2.75, 3.05) is 43.6 Å². The molecular formula is C23H25N3O4S. The van der Waals surface area contributed by atoms with Crippen molar-refractivity contribution < 1.29 is 19.0 Å². The van der Waals surface area contributed by atoms with Gasteiger partial charge in [0, 0.05) is 35.4 Å². The van der Waals surface area contributed by atoms with E-state index in [1.54, 1.807) is 30.8 Å². The van der Waals surface area contributed by atoms with Crippen molar-refractivity contribution in [3.8, 4) is 11.5 Å². The average Bonchev–Trinajstić information content (AvgIpc) is 3.33. The van der Waals surface area contributed by atoms with Crippen LogP contribution in [0.4, 0.5) is 11.4 Å². The molecule has 1 aromatic heterocycles. The van der Waals surface area contributed by atoms with E-state index in [2.05, 4.69) is 21.3 Å². The minimum absolute atomic E-state index is 0.202. The van der Waals surface area contributed by atoms with Crippen LogP contribution in [0.2, 0.25) is 0 Å². The summed E-state index contributed by atoms with van der Waals surface area (Å²) in [4.78, 5) is 19.3. The predicted octanol–water partition coefficient (Wildman–Crippen LogP) is 4.13. The Morgan fingerprint density at radius 3 is 2.74 bits per heavy atom. The summed E-state index contributed by atoms with van der Waals surface area (Å²) in [6.07, 6.45) is 0. The Morgan fingerprint density at radius 1 is 1.19 bits per heavy atom. The summed E-state index contributed by atoms with van der Waals surface area (Å²) in [5.74, 6) is 0.868. The van der Waals surface area contributed by atoms with Crippen LogP contribution >= 0.6 is 11.3 Å². The molecule has 0 atom stereocenters. The summed E-state index contributed by atoms with van der Waals surface area (Å²) >= 11 is 1.52. The summed E-state index contributed by atoms with van der Waals surface area (Å²) in [5, 5.41) is 4.93. The number of benzene rings is 2.